The number of hydrogen-bond acceptors (Lipinski definition) is 37. The molecule has 96 heavy (non-hydrogen) atoms. The van der Waals surface area contributed by atoms with E-state index >= 15 is 0 Å². The lowest BCUT2D eigenvalue weighted by Crippen LogP contribution is -2.68. The Bertz CT molecular complexity index is 3160. The molecule has 0 aliphatic carbocycles. The Morgan fingerprint density at radius 1 is 0.292 bits per heavy atom. The van der Waals surface area contributed by atoms with E-state index in [1.807, 2.05) is 0 Å². The highest BCUT2D eigenvalue weighted by Gasteiger charge is 2.60. The van der Waals surface area contributed by atoms with Crippen molar-refractivity contribution >= 4 is 21.5 Å². The summed E-state index contributed by atoms with van der Waals surface area (Å²) >= 11 is 0. The molecule has 37 heteroatoms. The largest absolute Gasteiger partial charge is 0.394 e. The molecular formula is C59H78N2O35. The zero-order chi connectivity index (χ0) is 68.9. The second-order valence-corrected chi connectivity index (χ2v) is 24.3. The number of hydrogen-bond donors (Lipinski definition) is 20. The molecule has 15 fully saturated rings. The standard InChI is InChI=1S/C59H78N2O35/c60-8-23-19-3-1-2-4-20(19)24(9-61)22-7-18(5-6-21(22)23)17-82-52-44(81)51-31(16-68)89-59(52)96-50-30(15-67)88-57(43(80)37(50)74)94-48-28(13-65)86-55(41(78)35(48)72)92-46-26(11-63)84-53(39(76)33(46)70)90-45-25(10-62)83-54(38(75)32(45)69)91-47-27(12-64)85-56(40(77)34(47)71)93-49-29(14-66)87-58(95-51)42(79)36(49)73/h1-7,25-59,62-81H,10-17H2/t25-,26-,27-,28-,29-,30-,31-,32-,33-,34-,35-,36-,37-,38-,39-,40-,41-,42-,43-,44+,45-,46-,47-,48-,49-,50-,51-,52-,53-,54-,55-,56-,57-,58-,59-/m1/s1. The average Bonchev–Trinajstić information content (AvgIpc) is 0.768. The lowest BCUT2D eigenvalue weighted by atomic mass is 9.92. The van der Waals surface area contributed by atoms with Gasteiger partial charge in [0.1, 0.15) is 183 Å². The maximum absolute atomic E-state index is 12.5. The molecule has 15 saturated heterocycles. The molecule has 3 aromatic carbocycles. The van der Waals surface area contributed by atoms with Gasteiger partial charge in [0.25, 0.3) is 0 Å². The fourth-order valence-electron chi connectivity index (χ4n) is 13.3. The first-order valence-electron chi connectivity index (χ1n) is 30.8. The van der Waals surface area contributed by atoms with Gasteiger partial charge >= 0.3 is 0 Å². The van der Waals surface area contributed by atoms with Gasteiger partial charge in [0.15, 0.2) is 44.0 Å². The van der Waals surface area contributed by atoms with Crippen LogP contribution in [-0.4, -0.2) is 363 Å². The van der Waals surface area contributed by atoms with Gasteiger partial charge < -0.3 is 173 Å². The Labute approximate surface area is 543 Å². The molecule has 15 aliphatic heterocycles. The van der Waals surface area contributed by atoms with Crippen molar-refractivity contribution in [3.63, 3.8) is 0 Å². The highest BCUT2D eigenvalue weighted by molar-refractivity contribution is 6.09. The van der Waals surface area contributed by atoms with Gasteiger partial charge in [-0.3, -0.25) is 0 Å². The van der Waals surface area contributed by atoms with Crippen molar-refractivity contribution in [2.75, 3.05) is 46.2 Å². The first kappa shape index (κ1) is 73.0. The summed E-state index contributed by atoms with van der Waals surface area (Å²) in [5.41, 5.74) is 0.733. The Hall–Kier alpha value is -4.24. The van der Waals surface area contributed by atoms with Crippen LogP contribution in [0.4, 0.5) is 0 Å². The molecule has 20 N–H and O–H groups in total. The molecule has 0 spiro atoms. The molecule has 37 nitrogen and oxygen atoms in total. The van der Waals surface area contributed by atoms with E-state index in [9.17, 15) is 113 Å². The molecule has 0 amide bonds. The van der Waals surface area contributed by atoms with E-state index in [1.165, 1.54) is 12.1 Å². The minimum atomic E-state index is -2.26. The predicted octanol–water partition coefficient (Wildman–Crippen LogP) is -11.0. The molecule has 14 bridgehead atoms. The summed E-state index contributed by atoms with van der Waals surface area (Å²) in [5.74, 6) is 0. The monoisotopic (exact) mass is 1370 g/mol. The first-order valence-corrected chi connectivity index (χ1v) is 30.8. The zero-order valence-corrected chi connectivity index (χ0v) is 50.4. The SMILES string of the molecule is N#Cc1c2ccccc2c(C#N)c2cc(CO[C@H]3[C@H]4O[C@H]5[C@H](O)[C@@H](O)[C@@H](O[C@H]6[C@H](O)[C@@H](O)[C@@H](O[C@H]7[C@H](O)[C@@H](O)[C@@H](O[C@H]8[C@H](O)[C@@H](O)[C@@H](O[C@H]9[C@H](O)[C@@H](O)[C@@H](O[C@H]%10[C@H](O)[C@@H](O)[C@@H](O[C@@H]([C@@H]3O)[C@@H](CO)O4)O[C@@H]%10CO)O[C@@H]9CO)O[C@@H]8CO)O[C@@H]7CO)O[C@@H]6CO)O[C@@H]5CO)ccc12. The van der Waals surface area contributed by atoms with Gasteiger partial charge in [-0.25, -0.2) is 0 Å². The number of fused-ring (bicyclic) bond motifs is 9. The quantitative estimate of drug-likeness (QED) is 0.0838. The maximum atomic E-state index is 12.5. The topological polar surface area (TPSA) is 591 Å². The van der Waals surface area contributed by atoms with Gasteiger partial charge in [0, 0.05) is 21.5 Å². The van der Waals surface area contributed by atoms with Crippen molar-refractivity contribution in [3.05, 3.63) is 59.2 Å². The number of aliphatic hydroxyl groups excluding tert-OH is 20. The molecule has 0 unspecified atom stereocenters. The van der Waals surface area contributed by atoms with Crippen molar-refractivity contribution in [1.29, 1.82) is 10.5 Å². The van der Waals surface area contributed by atoms with Crippen LogP contribution in [0.3, 0.4) is 0 Å². The first-order chi connectivity index (χ1) is 46.1. The smallest absolute Gasteiger partial charge is 0.187 e. The Kier molecular flexibility index (Phi) is 23.5. The molecule has 3 aromatic rings. The van der Waals surface area contributed by atoms with Crippen LogP contribution in [0.1, 0.15) is 16.7 Å². The lowest BCUT2D eigenvalue weighted by molar-refractivity contribution is -0.398. The van der Waals surface area contributed by atoms with Crippen molar-refractivity contribution < 1.29 is 173 Å². The lowest BCUT2D eigenvalue weighted by Gasteiger charge is -2.50. The van der Waals surface area contributed by atoms with E-state index < -0.39 is 268 Å². The second kappa shape index (κ2) is 30.9. The molecule has 15 aliphatic rings. The summed E-state index contributed by atoms with van der Waals surface area (Å²) in [6.45, 7) is -8.03. The minimum absolute atomic E-state index is 0.190. The molecule has 0 radical (unpaired) electrons. The molecule has 15 heterocycles. The fraction of sp³-hybridized carbons (Fsp3) is 0.729. The summed E-state index contributed by atoms with van der Waals surface area (Å²) in [6, 6.07) is 15.7. The molecule has 0 aromatic heterocycles. The Morgan fingerprint density at radius 2 is 0.531 bits per heavy atom. The highest BCUT2D eigenvalue weighted by atomic mass is 16.8. The van der Waals surface area contributed by atoms with E-state index in [1.54, 1.807) is 30.3 Å². The van der Waals surface area contributed by atoms with Gasteiger partial charge in [0.2, 0.25) is 0 Å². The van der Waals surface area contributed by atoms with Crippen molar-refractivity contribution in [1.82, 2.24) is 0 Å². The van der Waals surface area contributed by atoms with Crippen LogP contribution in [0.25, 0.3) is 21.5 Å². The van der Waals surface area contributed by atoms with Crippen LogP contribution in [0.15, 0.2) is 42.5 Å². The van der Waals surface area contributed by atoms with Crippen LogP contribution in [-0.2, 0) is 77.7 Å². The van der Waals surface area contributed by atoms with Gasteiger partial charge in [0.05, 0.1) is 64.0 Å². The Balaban J connectivity index is 0.917. The fourth-order valence-corrected chi connectivity index (χ4v) is 13.3. The van der Waals surface area contributed by atoms with Gasteiger partial charge in [-0.15, -0.1) is 0 Å². The highest BCUT2D eigenvalue weighted by Crippen LogP contribution is 2.41. The van der Waals surface area contributed by atoms with E-state index in [0.717, 1.165) is 0 Å². The molecule has 0 saturated carbocycles. The number of nitriles is 2. The summed E-state index contributed by atoms with van der Waals surface area (Å²) < 4.78 is 88.5. The normalized spacial score (nSPS) is 46.6. The number of nitrogens with zero attached hydrogens (tertiary/aromatic N) is 2. The third kappa shape index (κ3) is 13.8. The number of benzene rings is 3. The van der Waals surface area contributed by atoms with E-state index in [4.69, 9.17) is 71.1 Å². The van der Waals surface area contributed by atoms with Crippen LogP contribution < -0.4 is 0 Å². The summed E-state index contributed by atoms with van der Waals surface area (Å²) in [5, 5.41) is 248. The van der Waals surface area contributed by atoms with Crippen molar-refractivity contribution in [2.24, 2.45) is 0 Å². The van der Waals surface area contributed by atoms with Gasteiger partial charge in [-0.05, 0) is 11.6 Å². The van der Waals surface area contributed by atoms with Crippen LogP contribution in [0.5, 0.6) is 0 Å². The minimum Gasteiger partial charge on any atom is -0.394 e. The van der Waals surface area contributed by atoms with Crippen LogP contribution in [0.2, 0.25) is 0 Å². The Morgan fingerprint density at radius 3 is 0.802 bits per heavy atom. The molecule has 18 rings (SSSR count). The third-order valence-electron chi connectivity index (χ3n) is 18.5. The second-order valence-electron chi connectivity index (χ2n) is 24.3. The summed E-state index contributed by atoms with van der Waals surface area (Å²) in [6.07, 6.45) is -71.1. The number of ether oxygens (including phenoxy) is 15. The van der Waals surface area contributed by atoms with E-state index in [-0.39, 0.29) is 11.1 Å². The van der Waals surface area contributed by atoms with Crippen LogP contribution in [0, 0.1) is 22.7 Å². The van der Waals surface area contributed by atoms with Gasteiger partial charge in [-0.2, -0.15) is 10.5 Å². The molecule has 534 valence electrons. The average molecular weight is 1380 g/mol. The van der Waals surface area contributed by atoms with E-state index in [2.05, 4.69) is 12.1 Å². The predicted molar refractivity (Wildman–Crippen MR) is 302 cm³/mol. The van der Waals surface area contributed by atoms with Gasteiger partial charge in [-0.1, -0.05) is 36.4 Å². The van der Waals surface area contributed by atoms with Crippen LogP contribution >= 0.6 is 0 Å². The van der Waals surface area contributed by atoms with Crippen molar-refractivity contribution in [3.8, 4) is 12.1 Å². The maximum Gasteiger partial charge on any atom is 0.187 e. The molecular weight excluding hydrogens is 1300 g/mol. The summed E-state index contributed by atoms with van der Waals surface area (Å²) in [4.78, 5) is 0. The number of rotatable bonds is 10. The van der Waals surface area contributed by atoms with E-state index in [0.29, 0.717) is 27.1 Å². The van der Waals surface area contributed by atoms with Crippen molar-refractivity contribution in [2.45, 2.75) is 222 Å². The molecule has 35 atom stereocenters. The third-order valence-corrected chi connectivity index (χ3v) is 18.5. The zero-order valence-electron chi connectivity index (χ0n) is 50.4. The summed E-state index contributed by atoms with van der Waals surface area (Å²) in [7, 11) is 0. The number of aliphatic hydroxyl groups is 20.